The highest BCUT2D eigenvalue weighted by atomic mass is 19.4. The monoisotopic (exact) mass is 563 g/mol. The van der Waals surface area contributed by atoms with E-state index < -0.39 is 36.1 Å². The average Bonchev–Trinajstić information content (AvgIpc) is 2.97. The molecule has 3 N–H and O–H groups in total. The molecule has 3 aromatic rings. The number of anilines is 1. The molecule has 1 amide bonds. The number of carbonyl (C=O) groups is 1. The van der Waals surface area contributed by atoms with E-state index in [1.54, 1.807) is 26.0 Å². The van der Waals surface area contributed by atoms with Crippen LogP contribution in [0.15, 0.2) is 78.9 Å². The van der Waals surface area contributed by atoms with Crippen LogP contribution in [0.1, 0.15) is 31.0 Å². The lowest BCUT2D eigenvalue weighted by Crippen LogP contribution is -2.53. The lowest BCUT2D eigenvalue weighted by atomic mass is 9.96. The molecule has 3 atom stereocenters. The van der Waals surface area contributed by atoms with E-state index in [1.807, 2.05) is 60.7 Å². The number of nitriles is 1. The van der Waals surface area contributed by atoms with Crippen molar-refractivity contribution >= 4 is 11.6 Å². The highest BCUT2D eigenvalue weighted by molar-refractivity contribution is 5.82. The number of hydrogen-bond acceptors (Lipinski definition) is 5. The van der Waals surface area contributed by atoms with Crippen molar-refractivity contribution in [2.24, 2.45) is 5.92 Å². The van der Waals surface area contributed by atoms with Crippen LogP contribution >= 0.6 is 0 Å². The Balaban J connectivity index is 1.47. The van der Waals surface area contributed by atoms with E-state index in [4.69, 9.17) is 0 Å². The minimum absolute atomic E-state index is 0.0123. The van der Waals surface area contributed by atoms with E-state index in [0.717, 1.165) is 48.6 Å². The summed E-state index contributed by atoms with van der Waals surface area (Å²) in [4.78, 5) is 15.4. The molecule has 1 aliphatic heterocycles. The zero-order chi connectivity index (χ0) is 29.4. The topological polar surface area (TPSA) is 80.2 Å². The third-order valence-electron chi connectivity index (χ3n) is 7.30. The van der Waals surface area contributed by atoms with Crippen molar-refractivity contribution < 1.29 is 18.0 Å². The van der Waals surface area contributed by atoms with E-state index >= 15 is 0 Å². The van der Waals surface area contributed by atoms with Crippen LogP contribution in [0.4, 0.5) is 18.9 Å². The Bertz CT molecular complexity index is 1300. The first-order chi connectivity index (χ1) is 19.7. The summed E-state index contributed by atoms with van der Waals surface area (Å²) >= 11 is 0. The summed E-state index contributed by atoms with van der Waals surface area (Å²) in [6.07, 6.45) is -4.38. The van der Waals surface area contributed by atoms with Crippen LogP contribution in [0.5, 0.6) is 0 Å². The molecule has 0 saturated carbocycles. The quantitative estimate of drug-likeness (QED) is 0.315. The van der Waals surface area contributed by atoms with Gasteiger partial charge in [-0.1, -0.05) is 80.6 Å². The van der Waals surface area contributed by atoms with Gasteiger partial charge in [0.15, 0.2) is 0 Å². The minimum Gasteiger partial charge on any atom is -0.369 e. The fraction of sp³-hybridized carbons (Fsp3) is 0.375. The van der Waals surface area contributed by atoms with Crippen molar-refractivity contribution in [1.29, 1.82) is 5.26 Å². The summed E-state index contributed by atoms with van der Waals surface area (Å²) in [6.45, 7) is 7.08. The minimum atomic E-state index is -4.64. The molecular weight excluding hydrogens is 527 g/mol. The van der Waals surface area contributed by atoms with Crippen LogP contribution in [-0.2, 0) is 11.2 Å². The maximum absolute atomic E-state index is 14.3. The maximum atomic E-state index is 14.3. The van der Waals surface area contributed by atoms with Gasteiger partial charge in [0.2, 0.25) is 5.91 Å². The molecule has 1 saturated heterocycles. The molecule has 9 heteroatoms. The molecule has 216 valence electrons. The Hall–Kier alpha value is -3.87. The molecule has 0 spiro atoms. The van der Waals surface area contributed by atoms with Gasteiger partial charge in [0.1, 0.15) is 12.1 Å². The van der Waals surface area contributed by atoms with Gasteiger partial charge in [-0.25, -0.2) is 0 Å². The molecule has 6 nitrogen and oxygen atoms in total. The van der Waals surface area contributed by atoms with Gasteiger partial charge in [0, 0.05) is 38.3 Å². The van der Waals surface area contributed by atoms with Crippen LogP contribution in [0.2, 0.25) is 0 Å². The Morgan fingerprint density at radius 3 is 2.07 bits per heavy atom. The summed E-state index contributed by atoms with van der Waals surface area (Å²) in [5, 5.41) is 18.1. The number of nitrogens with one attached hydrogen (secondary N) is 3. The fourth-order valence-corrected chi connectivity index (χ4v) is 5.03. The lowest BCUT2D eigenvalue weighted by Gasteiger charge is -2.30. The van der Waals surface area contributed by atoms with Crippen molar-refractivity contribution in [3.05, 3.63) is 90.0 Å². The number of benzene rings is 3. The van der Waals surface area contributed by atoms with Crippen LogP contribution < -0.4 is 20.9 Å². The van der Waals surface area contributed by atoms with Crippen LogP contribution in [-0.4, -0.2) is 50.3 Å². The van der Waals surface area contributed by atoms with Gasteiger partial charge in [-0.15, -0.1) is 0 Å². The molecule has 41 heavy (non-hydrogen) atoms. The van der Waals surface area contributed by atoms with Crippen LogP contribution in [0, 0.1) is 17.2 Å². The predicted octanol–water partition coefficient (Wildman–Crippen LogP) is 5.23. The zero-order valence-electron chi connectivity index (χ0n) is 23.3. The number of rotatable bonds is 10. The third-order valence-corrected chi connectivity index (χ3v) is 7.30. The normalized spacial score (nSPS) is 16.1. The van der Waals surface area contributed by atoms with Gasteiger partial charge >= 0.3 is 6.18 Å². The van der Waals surface area contributed by atoms with Crippen molar-refractivity contribution in [1.82, 2.24) is 16.0 Å². The molecule has 3 aromatic carbocycles. The van der Waals surface area contributed by atoms with E-state index in [0.29, 0.717) is 0 Å². The highest BCUT2D eigenvalue weighted by Gasteiger charge is 2.43. The number of piperazine rings is 1. The molecule has 1 heterocycles. The predicted molar refractivity (Wildman–Crippen MR) is 155 cm³/mol. The first kappa shape index (κ1) is 30.1. The zero-order valence-corrected chi connectivity index (χ0v) is 23.3. The van der Waals surface area contributed by atoms with Gasteiger partial charge in [-0.3, -0.25) is 10.1 Å². The van der Waals surface area contributed by atoms with E-state index in [-0.39, 0.29) is 12.0 Å². The highest BCUT2D eigenvalue weighted by Crippen LogP contribution is 2.35. The van der Waals surface area contributed by atoms with Gasteiger partial charge in [0.25, 0.3) is 0 Å². The van der Waals surface area contributed by atoms with Gasteiger partial charge in [-0.05, 0) is 40.3 Å². The molecular formula is C32H36F3N5O. The number of amides is 1. The Morgan fingerprint density at radius 2 is 1.54 bits per heavy atom. The number of hydrogen-bond donors (Lipinski definition) is 3. The second-order valence-electron chi connectivity index (χ2n) is 10.6. The van der Waals surface area contributed by atoms with Gasteiger partial charge < -0.3 is 15.5 Å². The molecule has 1 aliphatic rings. The Morgan fingerprint density at radius 1 is 0.951 bits per heavy atom. The standard InChI is InChI=1S/C32H36F3N5O/c1-22(2)29(31(41)38-27(21-36)20-23-6-4-3-5-7-23)39-30(32(33,34)35)26-10-8-24(9-11-26)25-12-14-28(15-13-25)40-18-16-37-17-19-40/h3-15,22,27,29-30,37,39H,16-20H2,1-2H3,(H,38,41)/t27-,29-,30-/m0/s1. The first-order valence-corrected chi connectivity index (χ1v) is 13.9. The second-order valence-corrected chi connectivity index (χ2v) is 10.6. The molecule has 0 bridgehead atoms. The van der Waals surface area contributed by atoms with E-state index in [1.165, 1.54) is 12.1 Å². The largest absolute Gasteiger partial charge is 0.407 e. The second kappa shape index (κ2) is 13.7. The van der Waals surface area contributed by atoms with Gasteiger partial charge in [0.05, 0.1) is 12.1 Å². The summed E-state index contributed by atoms with van der Waals surface area (Å²) < 4.78 is 42.9. The van der Waals surface area contributed by atoms with Crippen LogP contribution in [0.25, 0.3) is 11.1 Å². The van der Waals surface area contributed by atoms with Crippen molar-refractivity contribution in [2.45, 2.75) is 44.6 Å². The summed E-state index contributed by atoms with van der Waals surface area (Å²) in [6, 6.07) is 21.4. The van der Waals surface area contributed by atoms with Crippen molar-refractivity contribution in [3.63, 3.8) is 0 Å². The number of nitrogens with zero attached hydrogens (tertiary/aromatic N) is 2. The van der Waals surface area contributed by atoms with E-state index in [2.05, 4.69) is 20.9 Å². The van der Waals surface area contributed by atoms with Crippen molar-refractivity contribution in [3.8, 4) is 17.2 Å². The average molecular weight is 564 g/mol. The third kappa shape index (κ3) is 8.09. The number of carbonyl (C=O) groups excluding carboxylic acids is 1. The summed E-state index contributed by atoms with van der Waals surface area (Å²) in [5.41, 5.74) is 3.69. The number of alkyl halides is 3. The molecule has 4 rings (SSSR count). The molecule has 0 aromatic heterocycles. The lowest BCUT2D eigenvalue weighted by molar-refractivity contribution is -0.161. The SMILES string of the molecule is CC(C)[C@H](N[C@@H](c1ccc(-c2ccc(N3CCNCC3)cc2)cc1)C(F)(F)F)C(=O)N[C@H](C#N)Cc1ccccc1. The smallest absolute Gasteiger partial charge is 0.369 e. The number of halogens is 3. The molecule has 1 fully saturated rings. The molecule has 0 aliphatic carbocycles. The molecule has 0 unspecified atom stereocenters. The first-order valence-electron chi connectivity index (χ1n) is 13.9. The Labute approximate surface area is 239 Å². The summed E-state index contributed by atoms with van der Waals surface area (Å²) in [5.74, 6) is -1.10. The summed E-state index contributed by atoms with van der Waals surface area (Å²) in [7, 11) is 0. The van der Waals surface area contributed by atoms with E-state index in [9.17, 15) is 23.2 Å². The van der Waals surface area contributed by atoms with Crippen molar-refractivity contribution in [2.75, 3.05) is 31.1 Å². The maximum Gasteiger partial charge on any atom is 0.407 e. The molecule has 0 radical (unpaired) electrons. The fourth-order valence-electron chi connectivity index (χ4n) is 5.03. The van der Waals surface area contributed by atoms with Crippen LogP contribution in [0.3, 0.4) is 0 Å². The Kier molecular flexibility index (Phi) is 10.0. The van der Waals surface area contributed by atoms with Gasteiger partial charge in [-0.2, -0.15) is 18.4 Å².